The predicted molar refractivity (Wildman–Crippen MR) is 113 cm³/mol. The van der Waals surface area contributed by atoms with E-state index in [2.05, 4.69) is 10.6 Å². The molecule has 2 aromatic carbocycles. The molecule has 1 aliphatic heterocycles. The van der Waals surface area contributed by atoms with Gasteiger partial charge in [0.15, 0.2) is 0 Å². The Labute approximate surface area is 180 Å². The Balaban J connectivity index is 1.62. The fourth-order valence-corrected chi connectivity index (χ4v) is 4.69. The van der Waals surface area contributed by atoms with Crippen LogP contribution in [0.4, 0.5) is 10.5 Å². The third-order valence-corrected chi connectivity index (χ3v) is 6.84. The molecule has 2 N–H and O–H groups in total. The third-order valence-electron chi connectivity index (χ3n) is 4.38. The van der Waals surface area contributed by atoms with Crippen molar-refractivity contribution in [2.75, 3.05) is 38.2 Å². The lowest BCUT2D eigenvalue weighted by Gasteiger charge is -2.26. The first kappa shape index (κ1) is 21.9. The Morgan fingerprint density at radius 1 is 1.10 bits per heavy atom. The van der Waals surface area contributed by atoms with Gasteiger partial charge in [-0.3, -0.25) is 0 Å². The second-order valence-electron chi connectivity index (χ2n) is 6.42. The average Bonchev–Trinajstić information content (AvgIpc) is 2.70. The molecular formula is C19H21Cl2N3O4S. The molecule has 156 valence electrons. The lowest BCUT2D eigenvalue weighted by molar-refractivity contribution is 0.0730. The molecule has 1 fully saturated rings. The van der Waals surface area contributed by atoms with Crippen molar-refractivity contribution < 1.29 is 17.9 Å². The summed E-state index contributed by atoms with van der Waals surface area (Å²) >= 11 is 12.1. The SMILES string of the molecule is O=C(NCCc1cccc(Cl)c1)Nc1cc(S(=O)(=O)N2CCOCC2)ccc1Cl. The van der Waals surface area contributed by atoms with E-state index < -0.39 is 16.1 Å². The fourth-order valence-electron chi connectivity index (χ4n) is 2.88. The number of hydrogen-bond donors (Lipinski definition) is 2. The summed E-state index contributed by atoms with van der Waals surface area (Å²) < 4.78 is 32.1. The van der Waals surface area contributed by atoms with Gasteiger partial charge in [0, 0.05) is 24.7 Å². The first-order chi connectivity index (χ1) is 13.9. The van der Waals surface area contributed by atoms with E-state index in [-0.39, 0.29) is 28.7 Å². The van der Waals surface area contributed by atoms with Crippen LogP contribution in [0, 0.1) is 0 Å². The number of carbonyl (C=O) groups excluding carboxylic acids is 1. The Kier molecular flexibility index (Phi) is 7.37. The molecule has 1 aliphatic rings. The highest BCUT2D eigenvalue weighted by Gasteiger charge is 2.27. The third kappa shape index (κ3) is 5.83. The van der Waals surface area contributed by atoms with Crippen LogP contribution in [-0.2, 0) is 21.2 Å². The fraction of sp³-hybridized carbons (Fsp3) is 0.316. The lowest BCUT2D eigenvalue weighted by Crippen LogP contribution is -2.40. The Morgan fingerprint density at radius 2 is 1.86 bits per heavy atom. The monoisotopic (exact) mass is 457 g/mol. The molecule has 3 rings (SSSR count). The van der Waals surface area contributed by atoms with Gasteiger partial charge in [-0.05, 0) is 42.3 Å². The molecule has 2 aromatic rings. The van der Waals surface area contributed by atoms with Crippen molar-refractivity contribution in [2.45, 2.75) is 11.3 Å². The first-order valence-corrected chi connectivity index (χ1v) is 11.2. The molecule has 29 heavy (non-hydrogen) atoms. The van der Waals surface area contributed by atoms with E-state index in [4.69, 9.17) is 27.9 Å². The molecule has 7 nitrogen and oxygen atoms in total. The summed E-state index contributed by atoms with van der Waals surface area (Å²) in [5.41, 5.74) is 1.22. The maximum Gasteiger partial charge on any atom is 0.319 e. The minimum atomic E-state index is -3.68. The van der Waals surface area contributed by atoms with E-state index in [1.165, 1.54) is 22.5 Å². The molecule has 2 amide bonds. The van der Waals surface area contributed by atoms with Gasteiger partial charge < -0.3 is 15.4 Å². The molecule has 0 aromatic heterocycles. The standard InChI is InChI=1S/C19H21Cl2N3O4S/c20-15-3-1-2-14(12-15)6-7-22-19(25)23-18-13-16(4-5-17(18)21)29(26,27)24-8-10-28-11-9-24/h1-5,12-13H,6-11H2,(H2,22,23,25). The molecule has 0 saturated carbocycles. The highest BCUT2D eigenvalue weighted by molar-refractivity contribution is 7.89. The predicted octanol–water partition coefficient (Wildman–Crippen LogP) is 3.38. The van der Waals surface area contributed by atoms with Gasteiger partial charge in [-0.1, -0.05) is 35.3 Å². The van der Waals surface area contributed by atoms with Gasteiger partial charge in [0.05, 0.1) is 28.8 Å². The molecular weight excluding hydrogens is 437 g/mol. The zero-order valence-electron chi connectivity index (χ0n) is 15.5. The second kappa shape index (κ2) is 9.77. The molecule has 10 heteroatoms. The summed E-state index contributed by atoms with van der Waals surface area (Å²) in [6.07, 6.45) is 0.604. The molecule has 0 atom stereocenters. The van der Waals surface area contributed by atoms with Crippen LogP contribution in [-0.4, -0.2) is 51.6 Å². The maximum absolute atomic E-state index is 12.8. The van der Waals surface area contributed by atoms with Crippen molar-refractivity contribution in [3.05, 3.63) is 58.1 Å². The van der Waals surface area contributed by atoms with Crippen molar-refractivity contribution >= 4 is 44.9 Å². The normalized spacial score (nSPS) is 15.1. The number of benzene rings is 2. The van der Waals surface area contributed by atoms with Gasteiger partial charge in [0.2, 0.25) is 10.0 Å². The molecule has 0 unspecified atom stereocenters. The Morgan fingerprint density at radius 3 is 2.59 bits per heavy atom. The van der Waals surface area contributed by atoms with Gasteiger partial charge >= 0.3 is 6.03 Å². The molecule has 1 saturated heterocycles. The number of nitrogens with one attached hydrogen (secondary N) is 2. The number of amides is 2. The van der Waals surface area contributed by atoms with Gasteiger partial charge in [-0.2, -0.15) is 4.31 Å². The zero-order valence-corrected chi connectivity index (χ0v) is 17.9. The van der Waals surface area contributed by atoms with Gasteiger partial charge in [0.1, 0.15) is 0 Å². The molecule has 0 spiro atoms. The quantitative estimate of drug-likeness (QED) is 0.695. The Hall–Kier alpha value is -1.84. The van der Waals surface area contributed by atoms with Crippen molar-refractivity contribution in [3.8, 4) is 0 Å². The largest absolute Gasteiger partial charge is 0.379 e. The van der Waals surface area contributed by atoms with Crippen LogP contribution < -0.4 is 10.6 Å². The number of urea groups is 1. The summed E-state index contributed by atoms with van der Waals surface area (Å²) in [5, 5.41) is 6.21. The van der Waals surface area contributed by atoms with Gasteiger partial charge in [-0.25, -0.2) is 13.2 Å². The molecule has 0 bridgehead atoms. The number of halogens is 2. The zero-order chi connectivity index (χ0) is 20.9. The summed E-state index contributed by atoms with van der Waals surface area (Å²) in [6, 6.07) is 11.1. The summed E-state index contributed by atoms with van der Waals surface area (Å²) in [6.45, 7) is 1.67. The summed E-state index contributed by atoms with van der Waals surface area (Å²) in [4.78, 5) is 12.3. The number of ether oxygens (including phenoxy) is 1. The van der Waals surface area contributed by atoms with E-state index in [0.717, 1.165) is 5.56 Å². The van der Waals surface area contributed by atoms with Gasteiger partial charge in [-0.15, -0.1) is 0 Å². The van der Waals surface area contributed by atoms with Crippen LogP contribution in [0.15, 0.2) is 47.4 Å². The van der Waals surface area contributed by atoms with Crippen LogP contribution in [0.5, 0.6) is 0 Å². The number of hydrogen-bond acceptors (Lipinski definition) is 4. The summed E-state index contributed by atoms with van der Waals surface area (Å²) in [5.74, 6) is 0. The minimum absolute atomic E-state index is 0.0676. The lowest BCUT2D eigenvalue weighted by atomic mass is 10.1. The topological polar surface area (TPSA) is 87.7 Å². The van der Waals surface area contributed by atoms with E-state index in [1.54, 1.807) is 6.07 Å². The van der Waals surface area contributed by atoms with Crippen molar-refractivity contribution in [2.24, 2.45) is 0 Å². The van der Waals surface area contributed by atoms with Crippen LogP contribution in [0.1, 0.15) is 5.56 Å². The smallest absolute Gasteiger partial charge is 0.319 e. The Bertz CT molecular complexity index is 979. The molecule has 0 radical (unpaired) electrons. The van der Waals surface area contributed by atoms with Crippen LogP contribution in [0.25, 0.3) is 0 Å². The van der Waals surface area contributed by atoms with E-state index in [1.807, 2.05) is 18.2 Å². The first-order valence-electron chi connectivity index (χ1n) is 9.03. The number of anilines is 1. The van der Waals surface area contributed by atoms with Crippen molar-refractivity contribution in [1.82, 2.24) is 9.62 Å². The number of nitrogens with zero attached hydrogens (tertiary/aromatic N) is 1. The highest BCUT2D eigenvalue weighted by Crippen LogP contribution is 2.27. The number of morpholine rings is 1. The van der Waals surface area contributed by atoms with Crippen LogP contribution in [0.2, 0.25) is 10.0 Å². The summed E-state index contributed by atoms with van der Waals surface area (Å²) in [7, 11) is -3.68. The minimum Gasteiger partial charge on any atom is -0.379 e. The second-order valence-corrected chi connectivity index (χ2v) is 9.20. The highest BCUT2D eigenvalue weighted by atomic mass is 35.5. The average molecular weight is 458 g/mol. The maximum atomic E-state index is 12.8. The number of rotatable bonds is 6. The van der Waals surface area contributed by atoms with E-state index in [9.17, 15) is 13.2 Å². The molecule has 0 aliphatic carbocycles. The molecule has 1 heterocycles. The van der Waals surface area contributed by atoms with Crippen LogP contribution in [0.3, 0.4) is 0 Å². The van der Waals surface area contributed by atoms with Gasteiger partial charge in [0.25, 0.3) is 0 Å². The number of sulfonamides is 1. The number of carbonyl (C=O) groups is 1. The van der Waals surface area contributed by atoms with E-state index in [0.29, 0.717) is 31.2 Å². The van der Waals surface area contributed by atoms with E-state index >= 15 is 0 Å². The van der Waals surface area contributed by atoms with Crippen LogP contribution >= 0.6 is 23.2 Å². The van der Waals surface area contributed by atoms with Crippen molar-refractivity contribution in [1.29, 1.82) is 0 Å². The van der Waals surface area contributed by atoms with Crippen molar-refractivity contribution in [3.63, 3.8) is 0 Å².